The molecule has 1 saturated carbocycles. The van der Waals surface area contributed by atoms with Gasteiger partial charge in [0.1, 0.15) is 0 Å². The van der Waals surface area contributed by atoms with Gasteiger partial charge in [0.25, 0.3) is 0 Å². The normalized spacial score (nSPS) is 20.3. The Morgan fingerprint density at radius 3 is 2.56 bits per heavy atom. The monoisotopic (exact) mass is 349 g/mol. The standard InChI is InChI=1S/C19H27NO5/c1-4-5-10-25-16-9-6-13(11-17(16)24-3)12(2)20-18(21)14-7-8-15(14)19(22)23/h6,9,11-12,14-15H,4-5,7-8,10H2,1-3H3,(H,20,21)(H,22,23). The second-order valence-electron chi connectivity index (χ2n) is 6.47. The Morgan fingerprint density at radius 2 is 2.00 bits per heavy atom. The molecule has 1 aliphatic carbocycles. The van der Waals surface area contributed by atoms with Crippen LogP contribution in [0.3, 0.4) is 0 Å². The summed E-state index contributed by atoms with van der Waals surface area (Å²) < 4.78 is 11.1. The first kappa shape index (κ1) is 19.1. The number of amides is 1. The largest absolute Gasteiger partial charge is 0.493 e. The first-order valence-electron chi connectivity index (χ1n) is 8.81. The lowest BCUT2D eigenvalue weighted by atomic mass is 9.73. The highest BCUT2D eigenvalue weighted by atomic mass is 16.5. The molecule has 0 radical (unpaired) electrons. The number of rotatable bonds is 9. The fraction of sp³-hybridized carbons (Fsp3) is 0.579. The zero-order valence-corrected chi connectivity index (χ0v) is 15.1. The van der Waals surface area contributed by atoms with Crippen LogP contribution in [0.4, 0.5) is 0 Å². The molecule has 2 rings (SSSR count). The number of unbranched alkanes of at least 4 members (excludes halogenated alkanes) is 1. The van der Waals surface area contributed by atoms with E-state index in [2.05, 4.69) is 12.2 Å². The van der Waals surface area contributed by atoms with E-state index in [0.717, 1.165) is 18.4 Å². The van der Waals surface area contributed by atoms with Crippen molar-refractivity contribution >= 4 is 11.9 Å². The number of carboxylic acids is 1. The van der Waals surface area contributed by atoms with Gasteiger partial charge in [0.15, 0.2) is 11.5 Å². The molecule has 6 nitrogen and oxygen atoms in total. The van der Waals surface area contributed by atoms with Gasteiger partial charge in [-0.2, -0.15) is 0 Å². The van der Waals surface area contributed by atoms with Crippen LogP contribution in [-0.2, 0) is 9.59 Å². The number of methoxy groups -OCH3 is 1. The smallest absolute Gasteiger partial charge is 0.307 e. The van der Waals surface area contributed by atoms with E-state index in [1.807, 2.05) is 25.1 Å². The molecule has 0 heterocycles. The van der Waals surface area contributed by atoms with E-state index >= 15 is 0 Å². The van der Waals surface area contributed by atoms with Crippen LogP contribution in [0.25, 0.3) is 0 Å². The average Bonchev–Trinajstić information content (AvgIpc) is 2.53. The summed E-state index contributed by atoms with van der Waals surface area (Å²) in [6, 6.07) is 5.35. The predicted octanol–water partition coefficient (Wildman–Crippen LogP) is 3.16. The summed E-state index contributed by atoms with van der Waals surface area (Å²) in [6.45, 7) is 4.61. The fourth-order valence-corrected chi connectivity index (χ4v) is 2.91. The Morgan fingerprint density at radius 1 is 1.28 bits per heavy atom. The van der Waals surface area contributed by atoms with Crippen LogP contribution >= 0.6 is 0 Å². The van der Waals surface area contributed by atoms with E-state index in [1.54, 1.807) is 7.11 Å². The first-order valence-corrected chi connectivity index (χ1v) is 8.81. The van der Waals surface area contributed by atoms with Crippen LogP contribution in [0, 0.1) is 11.8 Å². The number of ether oxygens (including phenoxy) is 2. The molecule has 0 aliphatic heterocycles. The summed E-state index contributed by atoms with van der Waals surface area (Å²) in [6.07, 6.45) is 3.23. The third kappa shape index (κ3) is 4.65. The Kier molecular flexibility index (Phi) is 6.67. The van der Waals surface area contributed by atoms with Gasteiger partial charge in [0.2, 0.25) is 5.91 Å². The van der Waals surface area contributed by atoms with E-state index in [-0.39, 0.29) is 11.9 Å². The number of nitrogens with one attached hydrogen (secondary N) is 1. The van der Waals surface area contributed by atoms with Gasteiger partial charge < -0.3 is 19.9 Å². The van der Waals surface area contributed by atoms with Crippen molar-refractivity contribution in [1.29, 1.82) is 0 Å². The van der Waals surface area contributed by atoms with E-state index in [0.29, 0.717) is 30.9 Å². The van der Waals surface area contributed by atoms with Crippen LogP contribution in [0.5, 0.6) is 11.5 Å². The molecule has 0 saturated heterocycles. The summed E-state index contributed by atoms with van der Waals surface area (Å²) in [4.78, 5) is 23.4. The molecule has 3 unspecified atom stereocenters. The molecular weight excluding hydrogens is 322 g/mol. The SMILES string of the molecule is CCCCOc1ccc(C(C)NC(=O)C2CCC2C(=O)O)cc1OC. The van der Waals surface area contributed by atoms with E-state index < -0.39 is 17.8 Å². The minimum atomic E-state index is -0.894. The lowest BCUT2D eigenvalue weighted by Crippen LogP contribution is -2.44. The van der Waals surface area contributed by atoms with Crippen LogP contribution in [0.1, 0.15) is 51.1 Å². The maximum Gasteiger partial charge on any atom is 0.307 e. The molecular formula is C19H27NO5. The summed E-state index contributed by atoms with van der Waals surface area (Å²) in [5.41, 5.74) is 0.888. The molecule has 1 aromatic carbocycles. The number of carboxylic acid groups (broad SMARTS) is 1. The highest BCUT2D eigenvalue weighted by molar-refractivity contribution is 5.86. The van der Waals surface area contributed by atoms with Crippen molar-refractivity contribution < 1.29 is 24.2 Å². The van der Waals surface area contributed by atoms with Crippen molar-refractivity contribution in [3.05, 3.63) is 23.8 Å². The van der Waals surface area contributed by atoms with Crippen molar-refractivity contribution in [3.8, 4) is 11.5 Å². The average molecular weight is 349 g/mol. The fourth-order valence-electron chi connectivity index (χ4n) is 2.91. The Bertz CT molecular complexity index is 616. The topological polar surface area (TPSA) is 84.9 Å². The lowest BCUT2D eigenvalue weighted by molar-refractivity contribution is -0.152. The van der Waals surface area contributed by atoms with Crippen LogP contribution in [-0.4, -0.2) is 30.7 Å². The van der Waals surface area contributed by atoms with Crippen molar-refractivity contribution in [2.24, 2.45) is 11.8 Å². The molecule has 1 aliphatic rings. The second-order valence-corrected chi connectivity index (χ2v) is 6.47. The molecule has 1 aromatic rings. The lowest BCUT2D eigenvalue weighted by Gasteiger charge is -2.33. The minimum Gasteiger partial charge on any atom is -0.493 e. The minimum absolute atomic E-state index is 0.201. The van der Waals surface area contributed by atoms with Gasteiger partial charge in [0.05, 0.1) is 31.6 Å². The first-order chi connectivity index (χ1) is 12.0. The van der Waals surface area contributed by atoms with Crippen LogP contribution < -0.4 is 14.8 Å². The Balaban J connectivity index is 2.00. The molecule has 2 N–H and O–H groups in total. The quantitative estimate of drug-likeness (QED) is 0.669. The van der Waals surface area contributed by atoms with E-state index in [1.165, 1.54) is 0 Å². The molecule has 0 bridgehead atoms. The molecule has 138 valence electrons. The zero-order chi connectivity index (χ0) is 18.4. The summed E-state index contributed by atoms with van der Waals surface area (Å²) in [7, 11) is 1.58. The van der Waals surface area contributed by atoms with E-state index in [9.17, 15) is 9.59 Å². The Hall–Kier alpha value is -2.24. The number of carbonyl (C=O) groups is 2. The maximum absolute atomic E-state index is 12.3. The summed E-state index contributed by atoms with van der Waals surface area (Å²) in [5, 5.41) is 12.0. The second kappa shape index (κ2) is 8.74. The van der Waals surface area contributed by atoms with Crippen LogP contribution in [0.2, 0.25) is 0 Å². The van der Waals surface area contributed by atoms with Crippen LogP contribution in [0.15, 0.2) is 18.2 Å². The number of carbonyl (C=O) groups excluding carboxylic acids is 1. The van der Waals surface area contributed by atoms with Gasteiger partial charge in [0, 0.05) is 0 Å². The number of aliphatic carboxylic acids is 1. The summed E-state index contributed by atoms with van der Waals surface area (Å²) in [5.74, 6) is -0.776. The molecule has 6 heteroatoms. The maximum atomic E-state index is 12.3. The van der Waals surface area contributed by atoms with Gasteiger partial charge in [-0.1, -0.05) is 19.4 Å². The molecule has 1 fully saturated rings. The van der Waals surface area contributed by atoms with Crippen molar-refractivity contribution in [2.45, 2.75) is 45.6 Å². The van der Waals surface area contributed by atoms with Gasteiger partial charge >= 0.3 is 5.97 Å². The molecule has 0 spiro atoms. The third-order valence-corrected chi connectivity index (χ3v) is 4.73. The number of hydrogen-bond acceptors (Lipinski definition) is 4. The summed E-state index contributed by atoms with van der Waals surface area (Å²) >= 11 is 0. The van der Waals surface area contributed by atoms with Crippen molar-refractivity contribution in [3.63, 3.8) is 0 Å². The van der Waals surface area contributed by atoms with Gasteiger partial charge in [-0.25, -0.2) is 0 Å². The van der Waals surface area contributed by atoms with Crippen molar-refractivity contribution in [1.82, 2.24) is 5.32 Å². The highest BCUT2D eigenvalue weighted by Gasteiger charge is 2.41. The van der Waals surface area contributed by atoms with Gasteiger partial charge in [-0.15, -0.1) is 0 Å². The Labute approximate surface area is 148 Å². The number of hydrogen-bond donors (Lipinski definition) is 2. The third-order valence-electron chi connectivity index (χ3n) is 4.73. The van der Waals surface area contributed by atoms with Gasteiger partial charge in [-0.3, -0.25) is 9.59 Å². The highest BCUT2D eigenvalue weighted by Crippen LogP contribution is 2.35. The zero-order valence-electron chi connectivity index (χ0n) is 15.1. The predicted molar refractivity (Wildman–Crippen MR) is 93.8 cm³/mol. The van der Waals surface area contributed by atoms with E-state index in [4.69, 9.17) is 14.6 Å². The van der Waals surface area contributed by atoms with Crippen molar-refractivity contribution in [2.75, 3.05) is 13.7 Å². The molecule has 3 atom stereocenters. The molecule has 0 aromatic heterocycles. The number of benzene rings is 1. The molecule has 1 amide bonds. The molecule has 25 heavy (non-hydrogen) atoms. The van der Waals surface area contributed by atoms with Gasteiger partial charge in [-0.05, 0) is 43.9 Å².